The van der Waals surface area contributed by atoms with E-state index in [1.807, 2.05) is 6.07 Å². The Morgan fingerprint density at radius 3 is 2.42 bits per heavy atom. The fourth-order valence-corrected chi connectivity index (χ4v) is 2.94. The summed E-state index contributed by atoms with van der Waals surface area (Å²) < 4.78 is 4.94. The van der Waals surface area contributed by atoms with Crippen LogP contribution >= 0.6 is 0 Å². The number of hydrogen-bond donors (Lipinski definition) is 2. The van der Waals surface area contributed by atoms with E-state index in [1.54, 1.807) is 35.2 Å². The van der Waals surface area contributed by atoms with Crippen molar-refractivity contribution >= 4 is 23.4 Å². The molecule has 136 valence electrons. The minimum absolute atomic E-state index is 0.0384. The Labute approximate surface area is 151 Å². The van der Waals surface area contributed by atoms with Crippen molar-refractivity contribution in [2.75, 3.05) is 25.0 Å². The highest BCUT2D eigenvalue weighted by atomic mass is 16.3. The Kier molecular flexibility index (Phi) is 5.68. The van der Waals surface area contributed by atoms with Gasteiger partial charge in [-0.2, -0.15) is 0 Å². The highest BCUT2D eigenvalue weighted by molar-refractivity contribution is 6.39. The maximum Gasteiger partial charge on any atom is 0.313 e. The lowest BCUT2D eigenvalue weighted by Crippen LogP contribution is -2.43. The van der Waals surface area contributed by atoms with Crippen molar-refractivity contribution < 1.29 is 18.8 Å². The van der Waals surface area contributed by atoms with Crippen LogP contribution in [-0.2, 0) is 9.59 Å². The number of para-hydroxylation sites is 1. The number of nitrogens with one attached hydrogen (secondary N) is 2. The number of likely N-dealkylation sites (tertiary alicyclic amines) is 1. The van der Waals surface area contributed by atoms with Gasteiger partial charge in [0.2, 0.25) is 0 Å². The van der Waals surface area contributed by atoms with Crippen LogP contribution in [0.1, 0.15) is 23.2 Å². The van der Waals surface area contributed by atoms with Gasteiger partial charge in [0.05, 0.1) is 11.8 Å². The first-order chi connectivity index (χ1) is 12.6. The van der Waals surface area contributed by atoms with Crippen LogP contribution < -0.4 is 10.6 Å². The summed E-state index contributed by atoms with van der Waals surface area (Å²) in [5.74, 6) is -1.12. The Bertz CT molecular complexity index is 750. The van der Waals surface area contributed by atoms with Gasteiger partial charge in [0.15, 0.2) is 0 Å². The van der Waals surface area contributed by atoms with Gasteiger partial charge in [0.25, 0.3) is 5.91 Å². The van der Waals surface area contributed by atoms with Gasteiger partial charge >= 0.3 is 11.8 Å². The average molecular weight is 355 g/mol. The van der Waals surface area contributed by atoms with E-state index in [4.69, 9.17) is 4.42 Å². The number of nitrogens with zero attached hydrogens (tertiary/aromatic N) is 1. The van der Waals surface area contributed by atoms with Crippen LogP contribution in [0.25, 0.3) is 0 Å². The molecule has 0 radical (unpaired) electrons. The zero-order valence-electron chi connectivity index (χ0n) is 14.3. The fraction of sp³-hybridized carbons (Fsp3) is 0.316. The highest BCUT2D eigenvalue weighted by Gasteiger charge is 2.25. The number of hydrogen-bond acceptors (Lipinski definition) is 4. The molecular weight excluding hydrogens is 334 g/mol. The third-order valence-electron chi connectivity index (χ3n) is 4.46. The maximum absolute atomic E-state index is 12.2. The zero-order valence-corrected chi connectivity index (χ0v) is 14.3. The van der Waals surface area contributed by atoms with Crippen LogP contribution in [-0.4, -0.2) is 42.3 Å². The quantitative estimate of drug-likeness (QED) is 0.819. The topological polar surface area (TPSA) is 91.7 Å². The zero-order chi connectivity index (χ0) is 18.4. The highest BCUT2D eigenvalue weighted by Crippen LogP contribution is 2.18. The Balaban J connectivity index is 1.40. The van der Waals surface area contributed by atoms with Gasteiger partial charge in [0, 0.05) is 25.3 Å². The van der Waals surface area contributed by atoms with Gasteiger partial charge in [-0.1, -0.05) is 18.2 Å². The summed E-state index contributed by atoms with van der Waals surface area (Å²) in [6.07, 6.45) is 4.49. The number of anilines is 1. The standard InChI is InChI=1S/C19H21N3O4/c23-17(18(24)21-16-4-2-1-3-5-16)20-12-14-6-9-22(10-7-14)19(25)15-8-11-26-13-15/h1-5,8,11,13-14H,6-7,9-10,12H2,(H,20,23)(H,21,24). The Morgan fingerprint density at radius 2 is 1.77 bits per heavy atom. The molecule has 2 aromatic rings. The number of benzene rings is 1. The number of piperidine rings is 1. The summed E-state index contributed by atoms with van der Waals surface area (Å²) in [6.45, 7) is 1.68. The minimum atomic E-state index is -0.677. The molecule has 1 aliphatic heterocycles. The van der Waals surface area contributed by atoms with Crippen molar-refractivity contribution in [1.82, 2.24) is 10.2 Å². The van der Waals surface area contributed by atoms with Crippen LogP contribution in [0.3, 0.4) is 0 Å². The smallest absolute Gasteiger partial charge is 0.313 e. The number of furan rings is 1. The lowest BCUT2D eigenvalue weighted by atomic mass is 9.96. The SMILES string of the molecule is O=C(NCC1CCN(C(=O)c2ccoc2)CC1)C(=O)Nc1ccccc1. The molecule has 3 amide bonds. The maximum atomic E-state index is 12.2. The minimum Gasteiger partial charge on any atom is -0.472 e. The second-order valence-electron chi connectivity index (χ2n) is 6.28. The Hall–Kier alpha value is -3.09. The van der Waals surface area contributed by atoms with Crippen LogP contribution in [0.15, 0.2) is 53.3 Å². The number of amides is 3. The normalized spacial score (nSPS) is 14.7. The summed E-state index contributed by atoms with van der Waals surface area (Å²) >= 11 is 0. The predicted molar refractivity (Wildman–Crippen MR) is 95.4 cm³/mol. The molecule has 1 saturated heterocycles. The van der Waals surface area contributed by atoms with Crippen LogP contribution in [0.2, 0.25) is 0 Å². The van der Waals surface area contributed by atoms with E-state index in [1.165, 1.54) is 12.5 Å². The van der Waals surface area contributed by atoms with Crippen LogP contribution in [0.4, 0.5) is 5.69 Å². The van der Waals surface area contributed by atoms with E-state index in [9.17, 15) is 14.4 Å². The molecule has 0 saturated carbocycles. The van der Waals surface area contributed by atoms with Crippen molar-refractivity contribution in [1.29, 1.82) is 0 Å². The summed E-state index contributed by atoms with van der Waals surface area (Å²) in [5.41, 5.74) is 1.13. The molecule has 2 heterocycles. The third kappa shape index (κ3) is 4.50. The van der Waals surface area contributed by atoms with E-state index < -0.39 is 11.8 Å². The van der Waals surface area contributed by atoms with Gasteiger partial charge < -0.3 is 20.0 Å². The molecule has 3 rings (SSSR count). The van der Waals surface area contributed by atoms with Gasteiger partial charge in [-0.25, -0.2) is 0 Å². The van der Waals surface area contributed by atoms with Crippen molar-refractivity contribution in [3.63, 3.8) is 0 Å². The fourth-order valence-electron chi connectivity index (χ4n) is 2.94. The van der Waals surface area contributed by atoms with Gasteiger partial charge in [-0.05, 0) is 37.0 Å². The summed E-state index contributed by atoms with van der Waals surface area (Å²) in [4.78, 5) is 37.8. The first kappa shape index (κ1) is 17.7. The molecule has 1 fully saturated rings. The molecule has 0 bridgehead atoms. The molecule has 0 aliphatic carbocycles. The molecule has 0 atom stereocenters. The van der Waals surface area contributed by atoms with E-state index in [0.717, 1.165) is 12.8 Å². The molecule has 0 spiro atoms. The van der Waals surface area contributed by atoms with E-state index in [0.29, 0.717) is 30.9 Å². The summed E-state index contributed by atoms with van der Waals surface area (Å²) in [6, 6.07) is 10.5. The van der Waals surface area contributed by atoms with Gasteiger partial charge in [-0.3, -0.25) is 14.4 Å². The lowest BCUT2D eigenvalue weighted by molar-refractivity contribution is -0.136. The number of carbonyl (C=O) groups is 3. The van der Waals surface area contributed by atoms with E-state index in [-0.39, 0.29) is 11.8 Å². The van der Waals surface area contributed by atoms with Crippen molar-refractivity contribution in [3.05, 3.63) is 54.5 Å². The second-order valence-corrected chi connectivity index (χ2v) is 6.28. The lowest BCUT2D eigenvalue weighted by Gasteiger charge is -2.31. The van der Waals surface area contributed by atoms with Crippen molar-refractivity contribution in [2.45, 2.75) is 12.8 Å². The number of rotatable bonds is 4. The monoisotopic (exact) mass is 355 g/mol. The molecule has 7 nitrogen and oxygen atoms in total. The molecule has 2 N–H and O–H groups in total. The Morgan fingerprint density at radius 1 is 1.04 bits per heavy atom. The van der Waals surface area contributed by atoms with Crippen LogP contribution in [0.5, 0.6) is 0 Å². The molecule has 26 heavy (non-hydrogen) atoms. The van der Waals surface area contributed by atoms with Gasteiger partial charge in [-0.15, -0.1) is 0 Å². The molecule has 1 aromatic carbocycles. The van der Waals surface area contributed by atoms with E-state index in [2.05, 4.69) is 10.6 Å². The van der Waals surface area contributed by atoms with Crippen molar-refractivity contribution in [3.8, 4) is 0 Å². The molecule has 1 aromatic heterocycles. The summed E-state index contributed by atoms with van der Waals surface area (Å²) in [7, 11) is 0. The largest absolute Gasteiger partial charge is 0.472 e. The molecule has 0 unspecified atom stereocenters. The molecule has 1 aliphatic rings. The van der Waals surface area contributed by atoms with E-state index >= 15 is 0 Å². The predicted octanol–water partition coefficient (Wildman–Crippen LogP) is 1.89. The van der Waals surface area contributed by atoms with Crippen molar-refractivity contribution in [2.24, 2.45) is 5.92 Å². The number of carbonyl (C=O) groups excluding carboxylic acids is 3. The second kappa shape index (κ2) is 8.33. The first-order valence-electron chi connectivity index (χ1n) is 8.59. The van der Waals surface area contributed by atoms with Crippen LogP contribution in [0, 0.1) is 5.92 Å². The van der Waals surface area contributed by atoms with Gasteiger partial charge in [0.1, 0.15) is 6.26 Å². The first-order valence-corrected chi connectivity index (χ1v) is 8.59. The summed E-state index contributed by atoms with van der Waals surface area (Å²) in [5, 5.41) is 5.23. The third-order valence-corrected chi connectivity index (χ3v) is 4.46. The molecular formula is C19H21N3O4. The molecule has 7 heteroatoms. The average Bonchev–Trinajstić information content (AvgIpc) is 3.21.